The van der Waals surface area contributed by atoms with Crippen LogP contribution in [0.15, 0.2) is 35.7 Å². The largest absolute Gasteiger partial charge is 0.394 e. The number of halogens is 1. The van der Waals surface area contributed by atoms with Crippen LogP contribution in [0.5, 0.6) is 0 Å². The Morgan fingerprint density at radius 1 is 1.33 bits per heavy atom. The van der Waals surface area contributed by atoms with Crippen molar-refractivity contribution in [2.45, 2.75) is 23.9 Å². The van der Waals surface area contributed by atoms with Crippen LogP contribution in [0.1, 0.15) is 17.2 Å². The number of benzene rings is 1. The highest BCUT2D eigenvalue weighted by molar-refractivity contribution is 7.98. The molecule has 1 aromatic carbocycles. The van der Waals surface area contributed by atoms with Gasteiger partial charge in [-0.2, -0.15) is 5.10 Å². The quantitative estimate of drug-likeness (QED) is 0.645. The molecule has 0 atom stereocenters. The highest BCUT2D eigenvalue weighted by Crippen LogP contribution is 2.20. The number of hydrogen-bond donors (Lipinski definition) is 1. The Morgan fingerprint density at radius 3 is 2.92 bits per heavy atom. The van der Waals surface area contributed by atoms with Gasteiger partial charge >= 0.3 is 0 Å². The van der Waals surface area contributed by atoms with Crippen molar-refractivity contribution >= 4 is 23.4 Å². The highest BCUT2D eigenvalue weighted by Gasteiger charge is 2.12. The smallest absolute Gasteiger partial charge is 0.191 e. The average molecular weight is 365 g/mol. The van der Waals surface area contributed by atoms with Crippen LogP contribution in [0.25, 0.3) is 0 Å². The summed E-state index contributed by atoms with van der Waals surface area (Å²) in [5.41, 5.74) is 1.05. The van der Waals surface area contributed by atoms with Gasteiger partial charge < -0.3 is 9.67 Å². The molecule has 0 saturated carbocycles. The Hall–Kier alpha value is -1.90. The second-order valence-electron chi connectivity index (χ2n) is 5.21. The lowest BCUT2D eigenvalue weighted by Crippen LogP contribution is -2.08. The van der Waals surface area contributed by atoms with Crippen LogP contribution >= 0.6 is 23.4 Å². The second-order valence-corrected chi connectivity index (χ2v) is 6.59. The van der Waals surface area contributed by atoms with E-state index < -0.39 is 0 Å². The third-order valence-electron chi connectivity index (χ3n) is 3.36. The molecular formula is C15H17ClN6OS. The van der Waals surface area contributed by atoms with Crippen molar-refractivity contribution in [2.24, 2.45) is 7.05 Å². The van der Waals surface area contributed by atoms with E-state index >= 15 is 0 Å². The first kappa shape index (κ1) is 16.9. The summed E-state index contributed by atoms with van der Waals surface area (Å²) < 4.78 is 3.59. The van der Waals surface area contributed by atoms with Gasteiger partial charge in [0, 0.05) is 18.5 Å². The van der Waals surface area contributed by atoms with E-state index in [0.29, 0.717) is 29.6 Å². The molecule has 0 amide bonds. The van der Waals surface area contributed by atoms with Crippen LogP contribution < -0.4 is 0 Å². The first-order valence-corrected chi connectivity index (χ1v) is 8.77. The van der Waals surface area contributed by atoms with Crippen LogP contribution in [-0.2, 0) is 25.8 Å². The number of rotatable bonds is 7. The topological polar surface area (TPSA) is 81.7 Å². The van der Waals surface area contributed by atoms with Crippen molar-refractivity contribution in [3.63, 3.8) is 0 Å². The van der Waals surface area contributed by atoms with Crippen molar-refractivity contribution in [3.8, 4) is 0 Å². The van der Waals surface area contributed by atoms with Gasteiger partial charge in [-0.15, -0.1) is 10.2 Å². The molecule has 0 aliphatic carbocycles. The summed E-state index contributed by atoms with van der Waals surface area (Å²) in [6.07, 6.45) is 2.26. The Balaban J connectivity index is 1.75. The molecule has 0 spiro atoms. The van der Waals surface area contributed by atoms with Gasteiger partial charge in [0.05, 0.1) is 18.9 Å². The van der Waals surface area contributed by atoms with E-state index in [-0.39, 0.29) is 6.61 Å². The van der Waals surface area contributed by atoms with Crippen LogP contribution in [0.2, 0.25) is 5.02 Å². The molecule has 0 radical (unpaired) electrons. The Bertz CT molecular complexity index is 818. The van der Waals surface area contributed by atoms with Gasteiger partial charge in [0.1, 0.15) is 12.2 Å². The Labute approximate surface area is 148 Å². The fourth-order valence-corrected chi connectivity index (χ4v) is 3.28. The minimum absolute atomic E-state index is 0.0155. The molecule has 2 aromatic heterocycles. The summed E-state index contributed by atoms with van der Waals surface area (Å²) in [7, 11) is 1.89. The number of aryl methyl sites for hydroxylation is 1. The summed E-state index contributed by atoms with van der Waals surface area (Å²) in [6.45, 7) is 0.429. The van der Waals surface area contributed by atoms with Crippen molar-refractivity contribution < 1.29 is 5.11 Å². The SMILES string of the molecule is Cn1cnnc1SCc1nc(Cc2cccc(Cl)c2)nn1CCO. The molecule has 0 fully saturated rings. The Kier molecular flexibility index (Phi) is 5.49. The van der Waals surface area contributed by atoms with Crippen LogP contribution in [-0.4, -0.2) is 41.2 Å². The zero-order chi connectivity index (χ0) is 16.9. The molecule has 126 valence electrons. The van der Waals surface area contributed by atoms with Crippen molar-refractivity contribution in [1.82, 2.24) is 29.5 Å². The molecule has 3 rings (SSSR count). The zero-order valence-electron chi connectivity index (χ0n) is 13.1. The fraction of sp³-hybridized carbons (Fsp3) is 0.333. The predicted molar refractivity (Wildman–Crippen MR) is 91.9 cm³/mol. The lowest BCUT2D eigenvalue weighted by molar-refractivity contribution is 0.267. The molecule has 0 aliphatic rings. The molecule has 9 heteroatoms. The predicted octanol–water partition coefficient (Wildman–Crippen LogP) is 1.94. The van der Waals surface area contributed by atoms with Crippen LogP contribution in [0, 0.1) is 0 Å². The Morgan fingerprint density at radius 2 is 2.21 bits per heavy atom. The number of aliphatic hydroxyl groups excluding tert-OH is 1. The van der Waals surface area contributed by atoms with E-state index in [1.54, 1.807) is 11.0 Å². The van der Waals surface area contributed by atoms with E-state index in [1.807, 2.05) is 35.9 Å². The molecule has 0 saturated heterocycles. The monoisotopic (exact) mass is 364 g/mol. The minimum atomic E-state index is 0.0155. The maximum absolute atomic E-state index is 9.24. The lowest BCUT2D eigenvalue weighted by atomic mass is 10.1. The van der Waals surface area contributed by atoms with E-state index in [2.05, 4.69) is 20.3 Å². The second kappa shape index (κ2) is 7.78. The third kappa shape index (κ3) is 4.14. The number of hydrogen-bond acceptors (Lipinski definition) is 6. The first-order chi connectivity index (χ1) is 11.7. The van der Waals surface area contributed by atoms with Gasteiger partial charge in [0.2, 0.25) is 0 Å². The summed E-state index contributed by atoms with van der Waals surface area (Å²) in [5.74, 6) is 2.11. The molecule has 2 heterocycles. The molecule has 24 heavy (non-hydrogen) atoms. The lowest BCUT2D eigenvalue weighted by Gasteiger charge is -2.03. The van der Waals surface area contributed by atoms with Crippen molar-refractivity contribution in [3.05, 3.63) is 52.8 Å². The summed E-state index contributed by atoms with van der Waals surface area (Å²) in [4.78, 5) is 4.60. The normalized spacial score (nSPS) is 11.1. The molecule has 7 nitrogen and oxygen atoms in total. The van der Waals surface area contributed by atoms with Gasteiger partial charge in [-0.05, 0) is 17.7 Å². The zero-order valence-corrected chi connectivity index (χ0v) is 14.7. The number of nitrogens with zero attached hydrogens (tertiary/aromatic N) is 6. The van der Waals surface area contributed by atoms with Gasteiger partial charge in [-0.3, -0.25) is 0 Å². The van der Waals surface area contributed by atoms with E-state index in [1.165, 1.54) is 11.8 Å². The first-order valence-electron chi connectivity index (χ1n) is 7.40. The highest BCUT2D eigenvalue weighted by atomic mass is 35.5. The van der Waals surface area contributed by atoms with Crippen LogP contribution in [0.3, 0.4) is 0 Å². The summed E-state index contributed by atoms with van der Waals surface area (Å²) in [6, 6.07) is 7.65. The van der Waals surface area contributed by atoms with Gasteiger partial charge in [-0.25, -0.2) is 9.67 Å². The summed E-state index contributed by atoms with van der Waals surface area (Å²) >= 11 is 7.55. The number of aromatic nitrogens is 6. The van der Waals surface area contributed by atoms with Crippen molar-refractivity contribution in [2.75, 3.05) is 6.61 Å². The third-order valence-corrected chi connectivity index (χ3v) is 4.62. The maximum atomic E-state index is 9.24. The molecule has 0 aliphatic heterocycles. The molecule has 1 N–H and O–H groups in total. The van der Waals surface area contributed by atoms with Gasteiger partial charge in [0.25, 0.3) is 0 Å². The van der Waals surface area contributed by atoms with Crippen molar-refractivity contribution in [1.29, 1.82) is 0 Å². The van der Waals surface area contributed by atoms with Gasteiger partial charge in [0.15, 0.2) is 11.0 Å². The van der Waals surface area contributed by atoms with E-state index in [4.69, 9.17) is 11.6 Å². The summed E-state index contributed by atoms with van der Waals surface area (Å²) in [5, 5.41) is 23.1. The number of aliphatic hydroxyl groups is 1. The van der Waals surface area contributed by atoms with Crippen LogP contribution in [0.4, 0.5) is 0 Å². The molecule has 0 bridgehead atoms. The maximum Gasteiger partial charge on any atom is 0.191 e. The van der Waals surface area contributed by atoms with Gasteiger partial charge in [-0.1, -0.05) is 35.5 Å². The minimum Gasteiger partial charge on any atom is -0.394 e. The number of thioether (sulfide) groups is 1. The fourth-order valence-electron chi connectivity index (χ4n) is 2.24. The molecule has 0 unspecified atom stereocenters. The average Bonchev–Trinajstić information content (AvgIpc) is 3.12. The van der Waals surface area contributed by atoms with E-state index in [0.717, 1.165) is 16.5 Å². The standard InChI is InChI=1S/C15H17ClN6OS/c1-21-10-17-19-15(21)24-9-14-18-13(20-22(14)5-6-23)8-11-3-2-4-12(16)7-11/h2-4,7,10,23H,5-6,8-9H2,1H3. The van der Waals surface area contributed by atoms with E-state index in [9.17, 15) is 5.11 Å². The molecular weight excluding hydrogens is 348 g/mol. The molecule has 3 aromatic rings.